The maximum Gasteiger partial charge on any atom is 0.305 e. The van der Waals surface area contributed by atoms with E-state index < -0.39 is 0 Å². The molecule has 3 aromatic rings. The highest BCUT2D eigenvalue weighted by Gasteiger charge is 2.69. The van der Waals surface area contributed by atoms with Gasteiger partial charge in [0.1, 0.15) is 11.5 Å². The Hall–Kier alpha value is -3.04. The molecule has 2 amide bonds. The van der Waals surface area contributed by atoms with Crippen molar-refractivity contribution in [3.05, 3.63) is 68.6 Å². The third-order valence-corrected chi connectivity index (χ3v) is 11.1. The first kappa shape index (κ1) is 22.2. The molecular formula is C27H24N2O5S2. The minimum absolute atomic E-state index is 0.0553. The van der Waals surface area contributed by atoms with Crippen molar-refractivity contribution in [3.8, 4) is 11.5 Å². The van der Waals surface area contributed by atoms with E-state index >= 15 is 0 Å². The number of nitrogens with one attached hydrogen (secondary N) is 1. The van der Waals surface area contributed by atoms with Crippen molar-refractivity contribution in [1.29, 1.82) is 0 Å². The van der Waals surface area contributed by atoms with Crippen molar-refractivity contribution in [3.63, 3.8) is 0 Å². The van der Waals surface area contributed by atoms with Crippen LogP contribution in [-0.4, -0.2) is 36.3 Å². The fraction of sp³-hybridized carbons (Fsp3) is 0.370. The molecule has 9 heteroatoms. The molecule has 1 aromatic heterocycles. The van der Waals surface area contributed by atoms with Gasteiger partial charge in [-0.3, -0.25) is 19.3 Å². The van der Waals surface area contributed by atoms with E-state index in [4.69, 9.17) is 9.47 Å². The molecule has 2 aliphatic heterocycles. The minimum Gasteiger partial charge on any atom is -0.497 e. The zero-order valence-electron chi connectivity index (χ0n) is 19.7. The second-order valence-corrected chi connectivity index (χ2v) is 12.1. The molecule has 7 atom stereocenters. The molecule has 2 saturated carbocycles. The van der Waals surface area contributed by atoms with Crippen LogP contribution in [-0.2, 0) is 9.59 Å². The highest BCUT2D eigenvalue weighted by Crippen LogP contribution is 2.69. The van der Waals surface area contributed by atoms with Crippen LogP contribution < -0.4 is 19.2 Å². The van der Waals surface area contributed by atoms with Crippen LogP contribution in [0.25, 0.3) is 0 Å². The number of methoxy groups -OCH3 is 2. The van der Waals surface area contributed by atoms with Crippen LogP contribution in [0.4, 0.5) is 5.69 Å². The van der Waals surface area contributed by atoms with Crippen molar-refractivity contribution >= 4 is 40.6 Å². The third-order valence-electron chi connectivity index (χ3n) is 8.53. The SMILES string of the molecule is COc1ccc(N2C(=O)C3C(C2=O)[C@@H]2C[C@H]3C3Sc4[nH]c(=O)sc4C(c4ccccc4OC)C32)cc1. The van der Waals surface area contributed by atoms with Gasteiger partial charge in [0.15, 0.2) is 0 Å². The number of ether oxygens (including phenoxy) is 2. The molecule has 5 unspecified atom stereocenters. The van der Waals surface area contributed by atoms with E-state index in [1.165, 1.54) is 16.2 Å². The summed E-state index contributed by atoms with van der Waals surface area (Å²) < 4.78 is 11.0. The molecule has 4 aliphatic rings. The summed E-state index contributed by atoms with van der Waals surface area (Å²) in [5, 5.41) is 1.05. The monoisotopic (exact) mass is 520 g/mol. The van der Waals surface area contributed by atoms with Gasteiger partial charge in [-0.15, -0.1) is 11.8 Å². The number of thiazole rings is 1. The summed E-state index contributed by atoms with van der Waals surface area (Å²) in [6.45, 7) is 0. The predicted molar refractivity (Wildman–Crippen MR) is 137 cm³/mol. The maximum atomic E-state index is 13.8. The molecule has 3 heterocycles. The summed E-state index contributed by atoms with van der Waals surface area (Å²) >= 11 is 2.95. The number of H-pyrrole nitrogens is 1. The molecular weight excluding hydrogens is 496 g/mol. The van der Waals surface area contributed by atoms with Gasteiger partial charge in [-0.1, -0.05) is 29.5 Å². The lowest BCUT2D eigenvalue weighted by Crippen LogP contribution is -2.42. The van der Waals surface area contributed by atoms with E-state index in [0.717, 1.165) is 27.6 Å². The molecule has 36 heavy (non-hydrogen) atoms. The van der Waals surface area contributed by atoms with Crippen LogP contribution in [0, 0.1) is 29.6 Å². The normalized spacial score (nSPS) is 31.8. The number of hydrogen-bond acceptors (Lipinski definition) is 7. The number of nitrogens with zero attached hydrogens (tertiary/aromatic N) is 1. The smallest absolute Gasteiger partial charge is 0.305 e. The summed E-state index contributed by atoms with van der Waals surface area (Å²) in [4.78, 5) is 45.3. The van der Waals surface area contributed by atoms with Gasteiger partial charge in [-0.25, -0.2) is 0 Å². The Kier molecular flexibility index (Phi) is 4.92. The average Bonchev–Trinajstić information content (AvgIpc) is 3.63. The Balaban J connectivity index is 1.32. The lowest BCUT2D eigenvalue weighted by Gasteiger charge is -2.43. The first-order chi connectivity index (χ1) is 17.5. The molecule has 3 fully saturated rings. The summed E-state index contributed by atoms with van der Waals surface area (Å²) in [5.74, 6) is 0.862. The van der Waals surface area contributed by atoms with Crippen LogP contribution >= 0.6 is 23.1 Å². The van der Waals surface area contributed by atoms with Crippen LogP contribution in [0.1, 0.15) is 22.8 Å². The van der Waals surface area contributed by atoms with Crippen molar-refractivity contribution < 1.29 is 19.1 Å². The van der Waals surface area contributed by atoms with Gasteiger partial charge < -0.3 is 14.5 Å². The van der Waals surface area contributed by atoms with Crippen molar-refractivity contribution in [2.75, 3.05) is 19.1 Å². The van der Waals surface area contributed by atoms with E-state index in [9.17, 15) is 14.4 Å². The summed E-state index contributed by atoms with van der Waals surface area (Å²) in [5.41, 5.74) is 1.64. The Morgan fingerprint density at radius 2 is 1.64 bits per heavy atom. The maximum absolute atomic E-state index is 13.8. The number of amides is 2. The zero-order chi connectivity index (χ0) is 24.7. The standard InChI is InChI=1S/C27H24N2O5S2/c1-33-13-9-7-12(8-10-13)29-25(30)20-15-11-16(21(20)26(29)31)22-19(15)18(14-5-3-4-6-17(14)34-2)23-24(35-22)28-27(32)36-23/h3-10,15-16,18-22H,11H2,1-2H3,(H,28,32)/t15-,16-,18?,19?,20?,21?,22?/m1/s1. The average molecular weight is 521 g/mol. The van der Waals surface area contributed by atoms with Crippen LogP contribution in [0.5, 0.6) is 11.5 Å². The zero-order valence-corrected chi connectivity index (χ0v) is 21.3. The van der Waals surface area contributed by atoms with E-state index in [-0.39, 0.29) is 57.4 Å². The molecule has 7 nitrogen and oxygen atoms in total. The highest BCUT2D eigenvalue weighted by molar-refractivity contribution is 8.00. The Labute approximate surface area is 215 Å². The molecule has 184 valence electrons. The largest absolute Gasteiger partial charge is 0.497 e. The number of para-hydroxylation sites is 1. The fourth-order valence-electron chi connectivity index (χ4n) is 7.27. The van der Waals surface area contributed by atoms with E-state index in [1.54, 1.807) is 50.2 Å². The van der Waals surface area contributed by atoms with Crippen LogP contribution in [0.3, 0.4) is 0 Å². The van der Waals surface area contributed by atoms with Gasteiger partial charge in [0.05, 0.1) is 36.8 Å². The van der Waals surface area contributed by atoms with Crippen molar-refractivity contribution in [1.82, 2.24) is 4.98 Å². The Morgan fingerprint density at radius 3 is 2.36 bits per heavy atom. The van der Waals surface area contributed by atoms with Crippen LogP contribution in [0.15, 0.2) is 58.4 Å². The molecule has 7 rings (SSSR count). The number of imide groups is 1. The van der Waals surface area contributed by atoms with Gasteiger partial charge in [0, 0.05) is 21.6 Å². The van der Waals surface area contributed by atoms with E-state index in [2.05, 4.69) is 11.1 Å². The van der Waals surface area contributed by atoms with Gasteiger partial charge >= 0.3 is 4.87 Å². The number of aromatic amines is 1. The first-order valence-electron chi connectivity index (χ1n) is 12.1. The number of hydrogen-bond donors (Lipinski definition) is 1. The number of benzene rings is 2. The topological polar surface area (TPSA) is 88.7 Å². The molecule has 0 spiro atoms. The number of carbonyl (C=O) groups excluding carboxylic acids is 2. The second kappa shape index (κ2) is 7.98. The third kappa shape index (κ3) is 2.90. The molecule has 2 aromatic carbocycles. The molecule has 0 radical (unpaired) electrons. The summed E-state index contributed by atoms with van der Waals surface area (Å²) in [7, 11) is 3.25. The lowest BCUT2D eigenvalue weighted by atomic mass is 9.68. The number of thioether (sulfide) groups is 1. The quantitative estimate of drug-likeness (QED) is 0.521. The Bertz CT molecular complexity index is 1450. The van der Waals surface area contributed by atoms with Gasteiger partial charge in [0.25, 0.3) is 0 Å². The summed E-state index contributed by atoms with van der Waals surface area (Å²) in [6, 6.07) is 15.1. The van der Waals surface area contributed by atoms with E-state index in [0.29, 0.717) is 11.4 Å². The molecule has 1 saturated heterocycles. The van der Waals surface area contributed by atoms with Gasteiger partial charge in [-0.05, 0) is 54.5 Å². The summed E-state index contributed by atoms with van der Waals surface area (Å²) in [6.07, 6.45) is 0.858. The number of anilines is 1. The minimum atomic E-state index is -0.333. The number of aromatic nitrogens is 1. The van der Waals surface area contributed by atoms with Crippen LogP contribution in [0.2, 0.25) is 0 Å². The molecule has 1 N–H and O–H groups in total. The van der Waals surface area contributed by atoms with Crippen molar-refractivity contribution in [2.24, 2.45) is 29.6 Å². The van der Waals surface area contributed by atoms with Gasteiger partial charge in [-0.2, -0.15) is 0 Å². The first-order valence-corrected chi connectivity index (χ1v) is 13.8. The highest BCUT2D eigenvalue weighted by atomic mass is 32.2. The number of carbonyl (C=O) groups is 2. The second-order valence-electron chi connectivity index (χ2n) is 9.91. The fourth-order valence-corrected chi connectivity index (χ4v) is 10.2. The molecule has 2 bridgehead atoms. The van der Waals surface area contributed by atoms with Gasteiger partial charge in [0.2, 0.25) is 11.8 Å². The predicted octanol–water partition coefficient (Wildman–Crippen LogP) is 4.13. The number of rotatable bonds is 4. The molecule has 2 aliphatic carbocycles. The lowest BCUT2D eigenvalue weighted by molar-refractivity contribution is -0.123. The Morgan fingerprint density at radius 1 is 0.917 bits per heavy atom. The van der Waals surface area contributed by atoms with E-state index in [1.807, 2.05) is 18.2 Å². The number of fused-ring (bicyclic) bond motifs is 9. The van der Waals surface area contributed by atoms with Crippen molar-refractivity contribution in [2.45, 2.75) is 22.6 Å².